The van der Waals surface area contributed by atoms with Crippen LogP contribution in [0.25, 0.3) is 0 Å². The minimum absolute atomic E-state index is 0.334. The zero-order chi connectivity index (χ0) is 10.3. The van der Waals surface area contributed by atoms with Gasteiger partial charge in [-0.1, -0.05) is 12.1 Å². The van der Waals surface area contributed by atoms with Gasteiger partial charge in [-0.25, -0.2) is 0 Å². The molecule has 1 N–H and O–H groups in total. The van der Waals surface area contributed by atoms with Gasteiger partial charge in [0.25, 0.3) is 0 Å². The third kappa shape index (κ3) is 1.85. The average Bonchev–Trinajstić information content (AvgIpc) is 2.96. The highest BCUT2D eigenvalue weighted by Crippen LogP contribution is 2.39. The molecule has 1 aliphatic carbocycles. The number of benzene rings is 1. The van der Waals surface area contributed by atoms with Gasteiger partial charge in [-0.15, -0.1) is 0 Å². The van der Waals surface area contributed by atoms with Crippen LogP contribution in [0.5, 0.6) is 5.75 Å². The highest BCUT2D eigenvalue weighted by molar-refractivity contribution is 5.38. The lowest BCUT2D eigenvalue weighted by atomic mass is 10.0. The van der Waals surface area contributed by atoms with Crippen LogP contribution >= 0.6 is 0 Å². The first-order chi connectivity index (χ1) is 7.25. The van der Waals surface area contributed by atoms with Gasteiger partial charge in [0, 0.05) is 12.0 Å². The fourth-order valence-corrected chi connectivity index (χ4v) is 1.92. The molecule has 1 heterocycles. The molecule has 2 aliphatic rings. The first kappa shape index (κ1) is 9.19. The standard InChI is InChI=1S/C12H14O3/c13-12(3-4-12)6-9-1-2-10-7-14-8-15-11(10)5-9/h1-2,5,13H,3-4,6-8H2. The molecule has 1 aromatic rings. The second-order valence-electron chi connectivity index (χ2n) is 4.45. The topological polar surface area (TPSA) is 38.7 Å². The number of ether oxygens (including phenoxy) is 2. The second-order valence-corrected chi connectivity index (χ2v) is 4.45. The van der Waals surface area contributed by atoms with E-state index in [0.29, 0.717) is 13.4 Å². The lowest BCUT2D eigenvalue weighted by Gasteiger charge is -2.18. The van der Waals surface area contributed by atoms with Crippen molar-refractivity contribution in [1.29, 1.82) is 0 Å². The summed E-state index contributed by atoms with van der Waals surface area (Å²) in [7, 11) is 0. The molecule has 80 valence electrons. The summed E-state index contributed by atoms with van der Waals surface area (Å²) >= 11 is 0. The number of hydrogen-bond donors (Lipinski definition) is 1. The lowest BCUT2D eigenvalue weighted by molar-refractivity contribution is -0.0164. The summed E-state index contributed by atoms with van der Waals surface area (Å²) in [5.74, 6) is 0.906. The van der Waals surface area contributed by atoms with Gasteiger partial charge in [0.05, 0.1) is 12.2 Å². The van der Waals surface area contributed by atoms with Crippen LogP contribution in [0.1, 0.15) is 24.0 Å². The Morgan fingerprint density at radius 3 is 3.00 bits per heavy atom. The van der Waals surface area contributed by atoms with Gasteiger partial charge in [0.1, 0.15) is 5.75 Å². The first-order valence-corrected chi connectivity index (χ1v) is 5.30. The molecule has 0 spiro atoms. The summed E-state index contributed by atoms with van der Waals surface area (Å²) in [5, 5.41) is 9.82. The van der Waals surface area contributed by atoms with E-state index in [2.05, 4.69) is 0 Å². The molecule has 3 heteroatoms. The fourth-order valence-electron chi connectivity index (χ4n) is 1.92. The molecule has 0 atom stereocenters. The van der Waals surface area contributed by atoms with Crippen molar-refractivity contribution in [2.75, 3.05) is 6.79 Å². The summed E-state index contributed by atoms with van der Waals surface area (Å²) < 4.78 is 10.6. The van der Waals surface area contributed by atoms with Crippen LogP contribution in [-0.4, -0.2) is 17.5 Å². The van der Waals surface area contributed by atoms with Crippen molar-refractivity contribution in [3.63, 3.8) is 0 Å². The van der Waals surface area contributed by atoms with E-state index in [1.54, 1.807) is 0 Å². The second kappa shape index (κ2) is 3.22. The predicted molar refractivity (Wildman–Crippen MR) is 54.6 cm³/mol. The molecule has 3 nitrogen and oxygen atoms in total. The molecule has 15 heavy (non-hydrogen) atoms. The van der Waals surface area contributed by atoms with Gasteiger partial charge in [-0.2, -0.15) is 0 Å². The van der Waals surface area contributed by atoms with E-state index in [-0.39, 0.29) is 0 Å². The Kier molecular flexibility index (Phi) is 1.97. The molecular weight excluding hydrogens is 192 g/mol. The van der Waals surface area contributed by atoms with Crippen molar-refractivity contribution >= 4 is 0 Å². The van der Waals surface area contributed by atoms with Gasteiger partial charge in [0.15, 0.2) is 6.79 Å². The van der Waals surface area contributed by atoms with Gasteiger partial charge in [-0.05, 0) is 24.5 Å². The molecule has 1 aliphatic heterocycles. The normalized spacial score (nSPS) is 21.7. The van der Waals surface area contributed by atoms with E-state index >= 15 is 0 Å². The minimum Gasteiger partial charge on any atom is -0.467 e. The number of fused-ring (bicyclic) bond motifs is 1. The van der Waals surface area contributed by atoms with Crippen LogP contribution in [0.2, 0.25) is 0 Å². The van der Waals surface area contributed by atoms with Crippen LogP contribution in [0.4, 0.5) is 0 Å². The van der Waals surface area contributed by atoms with Crippen LogP contribution in [0.3, 0.4) is 0 Å². The van der Waals surface area contributed by atoms with Crippen molar-refractivity contribution in [2.24, 2.45) is 0 Å². The van der Waals surface area contributed by atoms with Gasteiger partial charge < -0.3 is 14.6 Å². The maximum absolute atomic E-state index is 9.82. The molecule has 0 radical (unpaired) electrons. The molecule has 0 saturated heterocycles. The minimum atomic E-state index is -0.431. The highest BCUT2D eigenvalue weighted by Gasteiger charge is 2.40. The van der Waals surface area contributed by atoms with Crippen LogP contribution in [0, 0.1) is 0 Å². The Bertz CT molecular complexity index is 382. The van der Waals surface area contributed by atoms with E-state index in [1.807, 2.05) is 18.2 Å². The van der Waals surface area contributed by atoms with Crippen molar-refractivity contribution in [3.8, 4) is 5.75 Å². The van der Waals surface area contributed by atoms with E-state index in [0.717, 1.165) is 36.1 Å². The van der Waals surface area contributed by atoms with Crippen molar-refractivity contribution in [2.45, 2.75) is 31.5 Å². The number of hydrogen-bond acceptors (Lipinski definition) is 3. The maximum Gasteiger partial charge on any atom is 0.189 e. The molecule has 1 saturated carbocycles. The average molecular weight is 206 g/mol. The van der Waals surface area contributed by atoms with E-state index < -0.39 is 5.60 Å². The highest BCUT2D eigenvalue weighted by atomic mass is 16.7. The maximum atomic E-state index is 9.82. The number of rotatable bonds is 2. The molecular formula is C12H14O3. The van der Waals surface area contributed by atoms with E-state index in [1.165, 1.54) is 0 Å². The predicted octanol–water partition coefficient (Wildman–Crippen LogP) is 1.62. The monoisotopic (exact) mass is 206 g/mol. The van der Waals surface area contributed by atoms with Crippen LogP contribution < -0.4 is 4.74 Å². The molecule has 0 unspecified atom stereocenters. The molecule has 0 amide bonds. The molecule has 0 aromatic heterocycles. The summed E-state index contributed by atoms with van der Waals surface area (Å²) in [6.45, 7) is 0.959. The Balaban J connectivity index is 1.84. The van der Waals surface area contributed by atoms with E-state index in [9.17, 15) is 5.11 Å². The van der Waals surface area contributed by atoms with E-state index in [4.69, 9.17) is 9.47 Å². The van der Waals surface area contributed by atoms with Crippen molar-refractivity contribution in [3.05, 3.63) is 29.3 Å². The molecule has 1 aromatic carbocycles. The molecule has 1 fully saturated rings. The smallest absolute Gasteiger partial charge is 0.189 e. The third-order valence-electron chi connectivity index (χ3n) is 3.05. The van der Waals surface area contributed by atoms with Gasteiger partial charge in [-0.3, -0.25) is 0 Å². The SMILES string of the molecule is OC1(Cc2ccc3c(c2)OCOC3)CC1. The van der Waals surface area contributed by atoms with Gasteiger partial charge in [0.2, 0.25) is 0 Å². The van der Waals surface area contributed by atoms with Crippen LogP contribution in [-0.2, 0) is 17.8 Å². The summed E-state index contributed by atoms with van der Waals surface area (Å²) in [6.07, 6.45) is 2.59. The first-order valence-electron chi connectivity index (χ1n) is 5.30. The zero-order valence-corrected chi connectivity index (χ0v) is 8.53. The van der Waals surface area contributed by atoms with Gasteiger partial charge >= 0.3 is 0 Å². The largest absolute Gasteiger partial charge is 0.467 e. The summed E-state index contributed by atoms with van der Waals surface area (Å²) in [5.41, 5.74) is 1.81. The number of aliphatic hydroxyl groups is 1. The lowest BCUT2D eigenvalue weighted by Crippen LogP contribution is -2.14. The Morgan fingerprint density at radius 1 is 1.33 bits per heavy atom. The van der Waals surface area contributed by atoms with Crippen LogP contribution in [0.15, 0.2) is 18.2 Å². The van der Waals surface area contributed by atoms with Crippen molar-refractivity contribution in [1.82, 2.24) is 0 Å². The molecule has 0 bridgehead atoms. The third-order valence-corrected chi connectivity index (χ3v) is 3.05. The molecule has 3 rings (SSSR count). The Hall–Kier alpha value is -1.06. The summed E-state index contributed by atoms with van der Waals surface area (Å²) in [4.78, 5) is 0. The zero-order valence-electron chi connectivity index (χ0n) is 8.53. The Morgan fingerprint density at radius 2 is 2.20 bits per heavy atom. The quantitative estimate of drug-likeness (QED) is 0.799. The fraction of sp³-hybridized carbons (Fsp3) is 0.500. The summed E-state index contributed by atoms with van der Waals surface area (Å²) in [6, 6.07) is 6.09. The Labute approximate surface area is 88.6 Å². The van der Waals surface area contributed by atoms with Crippen molar-refractivity contribution < 1.29 is 14.6 Å².